The standard InChI is InChI=1S/C31H37N5/c1-25-22-29(33-36(25)30-16-10-5-11-17-30)24-32-23-26(2)34-18-20-35(21-19-34)31(27-12-6-3-7-13-27)28-14-8-4-9-15-28/h3-17,22,26,31-32H,18-21,23-24H2,1-2H3. The Balaban J connectivity index is 1.14. The van der Waals surface area contributed by atoms with Crippen LogP contribution in [0.1, 0.15) is 35.5 Å². The van der Waals surface area contributed by atoms with Gasteiger partial charge < -0.3 is 5.32 Å². The third-order valence-corrected chi connectivity index (χ3v) is 7.25. The smallest absolute Gasteiger partial charge is 0.0769 e. The SMILES string of the molecule is Cc1cc(CNCC(C)N2CCN(C(c3ccccc3)c3ccccc3)CC2)nn1-c1ccccc1. The quantitative estimate of drug-likeness (QED) is 0.364. The van der Waals surface area contributed by atoms with E-state index in [1.54, 1.807) is 0 Å². The van der Waals surface area contributed by atoms with Crippen molar-refractivity contribution >= 4 is 0 Å². The molecule has 0 spiro atoms. The van der Waals surface area contributed by atoms with Crippen molar-refractivity contribution in [3.05, 3.63) is 120 Å². The fourth-order valence-corrected chi connectivity index (χ4v) is 5.31. The van der Waals surface area contributed by atoms with Gasteiger partial charge in [0.1, 0.15) is 0 Å². The number of aryl methyl sites for hydroxylation is 1. The van der Waals surface area contributed by atoms with Crippen molar-refractivity contribution in [1.82, 2.24) is 24.9 Å². The van der Waals surface area contributed by atoms with Gasteiger partial charge in [-0.2, -0.15) is 5.10 Å². The fourth-order valence-electron chi connectivity index (χ4n) is 5.31. The Morgan fingerprint density at radius 1 is 0.750 bits per heavy atom. The molecule has 0 bridgehead atoms. The molecule has 4 aromatic rings. The number of rotatable bonds is 9. The third kappa shape index (κ3) is 5.76. The first kappa shape index (κ1) is 24.4. The normalized spacial score (nSPS) is 15.9. The van der Waals surface area contributed by atoms with E-state index in [1.807, 2.05) is 10.7 Å². The first-order chi connectivity index (χ1) is 17.7. The van der Waals surface area contributed by atoms with Crippen molar-refractivity contribution in [2.45, 2.75) is 32.5 Å². The van der Waals surface area contributed by atoms with Crippen LogP contribution >= 0.6 is 0 Å². The van der Waals surface area contributed by atoms with Crippen LogP contribution in [-0.2, 0) is 6.54 Å². The molecule has 5 heteroatoms. The highest BCUT2D eigenvalue weighted by Crippen LogP contribution is 2.29. The molecule has 1 saturated heterocycles. The summed E-state index contributed by atoms with van der Waals surface area (Å²) >= 11 is 0. The van der Waals surface area contributed by atoms with Gasteiger partial charge in [-0.25, -0.2) is 4.68 Å². The molecule has 186 valence electrons. The number of nitrogens with zero attached hydrogens (tertiary/aromatic N) is 4. The van der Waals surface area contributed by atoms with Crippen LogP contribution in [0.4, 0.5) is 0 Å². The van der Waals surface area contributed by atoms with Gasteiger partial charge in [0.2, 0.25) is 0 Å². The lowest BCUT2D eigenvalue weighted by molar-refractivity contribution is 0.0835. The molecule has 3 aromatic carbocycles. The van der Waals surface area contributed by atoms with Crippen LogP contribution in [0.25, 0.3) is 5.69 Å². The number of hydrogen-bond donors (Lipinski definition) is 1. The van der Waals surface area contributed by atoms with E-state index in [1.165, 1.54) is 11.1 Å². The molecule has 5 rings (SSSR count). The summed E-state index contributed by atoms with van der Waals surface area (Å²) in [5, 5.41) is 8.46. The summed E-state index contributed by atoms with van der Waals surface area (Å²) in [6.45, 7) is 10.5. The van der Waals surface area contributed by atoms with Crippen molar-refractivity contribution in [1.29, 1.82) is 0 Å². The molecule has 1 unspecified atom stereocenters. The molecule has 0 aliphatic carbocycles. The van der Waals surface area contributed by atoms with Crippen LogP contribution in [0.5, 0.6) is 0 Å². The zero-order valence-electron chi connectivity index (χ0n) is 21.4. The van der Waals surface area contributed by atoms with Gasteiger partial charge in [-0.1, -0.05) is 78.9 Å². The lowest BCUT2D eigenvalue weighted by Gasteiger charge is -2.42. The molecule has 1 aromatic heterocycles. The summed E-state index contributed by atoms with van der Waals surface area (Å²) in [6, 6.07) is 35.2. The molecule has 0 saturated carbocycles. The van der Waals surface area contributed by atoms with E-state index < -0.39 is 0 Å². The molecular formula is C31H37N5. The third-order valence-electron chi connectivity index (χ3n) is 7.25. The Bertz CT molecular complexity index is 1160. The van der Waals surface area contributed by atoms with Gasteiger partial charge in [-0.05, 0) is 43.2 Å². The van der Waals surface area contributed by atoms with Crippen LogP contribution in [0.3, 0.4) is 0 Å². The second-order valence-electron chi connectivity index (χ2n) is 9.80. The minimum absolute atomic E-state index is 0.311. The largest absolute Gasteiger partial charge is 0.310 e. The fraction of sp³-hybridized carbons (Fsp3) is 0.323. The lowest BCUT2D eigenvalue weighted by Crippen LogP contribution is -2.52. The number of aromatic nitrogens is 2. The van der Waals surface area contributed by atoms with Gasteiger partial charge in [0.25, 0.3) is 0 Å². The molecule has 1 aliphatic rings. The summed E-state index contributed by atoms with van der Waals surface area (Å²) in [4.78, 5) is 5.25. The summed E-state index contributed by atoms with van der Waals surface area (Å²) in [6.07, 6.45) is 0. The molecule has 1 N–H and O–H groups in total. The van der Waals surface area contributed by atoms with E-state index in [2.05, 4.69) is 120 Å². The maximum absolute atomic E-state index is 4.81. The van der Waals surface area contributed by atoms with Gasteiger partial charge in [0, 0.05) is 51.0 Å². The summed E-state index contributed by atoms with van der Waals surface area (Å²) in [7, 11) is 0. The predicted octanol–water partition coefficient (Wildman–Crippen LogP) is 5.07. The molecule has 2 heterocycles. The highest BCUT2D eigenvalue weighted by molar-refractivity contribution is 5.33. The van der Waals surface area contributed by atoms with E-state index in [0.717, 1.165) is 56.3 Å². The molecule has 0 radical (unpaired) electrons. The zero-order chi connectivity index (χ0) is 24.7. The summed E-state index contributed by atoms with van der Waals surface area (Å²) < 4.78 is 2.02. The number of para-hydroxylation sites is 1. The second kappa shape index (κ2) is 11.7. The molecule has 5 nitrogen and oxygen atoms in total. The Kier molecular flexibility index (Phi) is 7.91. The number of piperazine rings is 1. The first-order valence-electron chi connectivity index (χ1n) is 13.1. The van der Waals surface area contributed by atoms with Gasteiger partial charge in [-0.15, -0.1) is 0 Å². The van der Waals surface area contributed by atoms with Crippen molar-refractivity contribution in [2.75, 3.05) is 32.7 Å². The Morgan fingerprint density at radius 3 is 1.86 bits per heavy atom. The van der Waals surface area contributed by atoms with Crippen molar-refractivity contribution in [2.24, 2.45) is 0 Å². The maximum atomic E-state index is 4.81. The van der Waals surface area contributed by atoms with Crippen LogP contribution in [0.15, 0.2) is 97.1 Å². The van der Waals surface area contributed by atoms with E-state index in [9.17, 15) is 0 Å². The van der Waals surface area contributed by atoms with Gasteiger partial charge in [0.15, 0.2) is 0 Å². The van der Waals surface area contributed by atoms with Crippen molar-refractivity contribution in [3.8, 4) is 5.69 Å². The van der Waals surface area contributed by atoms with Crippen LogP contribution in [0.2, 0.25) is 0 Å². The Hall–Kier alpha value is -3.25. The topological polar surface area (TPSA) is 36.3 Å². The van der Waals surface area contributed by atoms with Gasteiger partial charge in [0.05, 0.1) is 17.4 Å². The number of benzene rings is 3. The Labute approximate surface area is 215 Å². The monoisotopic (exact) mass is 479 g/mol. The number of hydrogen-bond acceptors (Lipinski definition) is 4. The molecule has 0 amide bonds. The minimum atomic E-state index is 0.311. The van der Waals surface area contributed by atoms with Crippen LogP contribution in [0, 0.1) is 6.92 Å². The van der Waals surface area contributed by atoms with E-state index in [-0.39, 0.29) is 0 Å². The maximum Gasteiger partial charge on any atom is 0.0769 e. The molecule has 1 fully saturated rings. The summed E-state index contributed by atoms with van der Waals surface area (Å²) in [5.74, 6) is 0. The molecular weight excluding hydrogens is 442 g/mol. The zero-order valence-corrected chi connectivity index (χ0v) is 21.4. The molecule has 36 heavy (non-hydrogen) atoms. The first-order valence-corrected chi connectivity index (χ1v) is 13.1. The van der Waals surface area contributed by atoms with E-state index in [4.69, 9.17) is 5.10 Å². The summed E-state index contributed by atoms with van der Waals surface area (Å²) in [5.41, 5.74) is 6.10. The average Bonchev–Trinajstić information content (AvgIpc) is 3.31. The van der Waals surface area contributed by atoms with Crippen LogP contribution in [-0.4, -0.2) is 58.3 Å². The lowest BCUT2D eigenvalue weighted by atomic mass is 9.96. The van der Waals surface area contributed by atoms with E-state index in [0.29, 0.717) is 12.1 Å². The van der Waals surface area contributed by atoms with Gasteiger partial charge in [-0.3, -0.25) is 9.80 Å². The minimum Gasteiger partial charge on any atom is -0.310 e. The van der Waals surface area contributed by atoms with Crippen molar-refractivity contribution < 1.29 is 0 Å². The second-order valence-corrected chi connectivity index (χ2v) is 9.80. The van der Waals surface area contributed by atoms with Gasteiger partial charge >= 0.3 is 0 Å². The highest BCUT2D eigenvalue weighted by atomic mass is 15.3. The molecule has 1 atom stereocenters. The highest BCUT2D eigenvalue weighted by Gasteiger charge is 2.27. The van der Waals surface area contributed by atoms with Crippen molar-refractivity contribution in [3.63, 3.8) is 0 Å². The number of nitrogens with one attached hydrogen (secondary N) is 1. The van der Waals surface area contributed by atoms with Crippen LogP contribution < -0.4 is 5.32 Å². The van der Waals surface area contributed by atoms with E-state index >= 15 is 0 Å². The average molecular weight is 480 g/mol. The Morgan fingerprint density at radius 2 is 1.28 bits per heavy atom. The predicted molar refractivity (Wildman–Crippen MR) is 147 cm³/mol. The molecule has 1 aliphatic heterocycles.